The first-order chi connectivity index (χ1) is 14.9. The van der Waals surface area contributed by atoms with Crippen LogP contribution in [0.4, 0.5) is 17.3 Å². The number of nitrogens with zero attached hydrogens (tertiary/aromatic N) is 2. The van der Waals surface area contributed by atoms with E-state index in [1.165, 1.54) is 12.4 Å². The Morgan fingerprint density at radius 3 is 2.50 bits per heavy atom. The number of hydrogen-bond acceptors (Lipinski definition) is 8. The number of anilines is 3. The molecule has 0 unspecified atom stereocenters. The number of nitrogens with two attached hydrogens (primary N) is 1. The maximum Gasteiger partial charge on any atom is 0.276 e. The van der Waals surface area contributed by atoms with Gasteiger partial charge in [-0.3, -0.25) is 15.6 Å². The predicted octanol–water partition coefficient (Wildman–Crippen LogP) is 3.61. The molecular formula is C21H29Cl2N7O2. The van der Waals surface area contributed by atoms with Gasteiger partial charge in [0.05, 0.1) is 5.02 Å². The van der Waals surface area contributed by atoms with Crippen molar-refractivity contribution in [1.29, 1.82) is 0 Å². The van der Waals surface area contributed by atoms with Crippen molar-refractivity contribution in [3.63, 3.8) is 0 Å². The number of carbonyl (C=O) groups excluding carboxylic acids is 1. The van der Waals surface area contributed by atoms with E-state index in [0.29, 0.717) is 27.3 Å². The number of hydrazine groups is 1. The summed E-state index contributed by atoms with van der Waals surface area (Å²) in [5.74, 6) is 0.713. The highest BCUT2D eigenvalue weighted by Crippen LogP contribution is 2.32. The van der Waals surface area contributed by atoms with Gasteiger partial charge >= 0.3 is 0 Å². The van der Waals surface area contributed by atoms with E-state index in [1.807, 2.05) is 0 Å². The monoisotopic (exact) mass is 481 g/mol. The molecule has 0 atom stereocenters. The first-order valence-corrected chi connectivity index (χ1v) is 11.0. The molecule has 32 heavy (non-hydrogen) atoms. The summed E-state index contributed by atoms with van der Waals surface area (Å²) in [7, 11) is 0. The van der Waals surface area contributed by atoms with E-state index in [2.05, 4.69) is 59.1 Å². The van der Waals surface area contributed by atoms with Crippen molar-refractivity contribution in [2.45, 2.75) is 57.7 Å². The molecule has 1 aromatic heterocycles. The van der Waals surface area contributed by atoms with Crippen LogP contribution in [-0.2, 0) is 4.79 Å². The largest absolute Gasteiger partial charge is 0.482 e. The van der Waals surface area contributed by atoms with Gasteiger partial charge in [-0.15, -0.1) is 0 Å². The standard InChI is InChI=1S/C21H29Cl2N7O2/c1-20(2)8-13(9-21(3,4)30-20)27-18-17(24)19(26-11-25-18)29-28-16(31)10-32-15-6-5-12(22)7-14(15)23/h5-7,11,13,30H,8-10,24H2,1-4H3,(H,28,31)(H2,25,26,27,29). The van der Waals surface area contributed by atoms with Gasteiger partial charge in [0.15, 0.2) is 18.2 Å². The smallest absolute Gasteiger partial charge is 0.276 e. The molecule has 0 saturated carbocycles. The van der Waals surface area contributed by atoms with Gasteiger partial charge < -0.3 is 21.1 Å². The molecular weight excluding hydrogens is 453 g/mol. The van der Waals surface area contributed by atoms with Crippen molar-refractivity contribution >= 4 is 46.4 Å². The fraction of sp³-hybridized carbons (Fsp3) is 0.476. The Morgan fingerprint density at radius 2 is 1.84 bits per heavy atom. The summed E-state index contributed by atoms with van der Waals surface area (Å²) < 4.78 is 5.41. The van der Waals surface area contributed by atoms with Crippen molar-refractivity contribution in [3.8, 4) is 5.75 Å². The second-order valence-electron chi connectivity index (χ2n) is 9.16. The number of nitrogen functional groups attached to an aromatic ring is 1. The van der Waals surface area contributed by atoms with Crippen LogP contribution in [0.2, 0.25) is 10.0 Å². The molecule has 0 radical (unpaired) electrons. The van der Waals surface area contributed by atoms with E-state index in [4.69, 9.17) is 33.7 Å². The second kappa shape index (κ2) is 9.56. The molecule has 1 saturated heterocycles. The highest BCUT2D eigenvalue weighted by molar-refractivity contribution is 6.35. The van der Waals surface area contributed by atoms with Gasteiger partial charge in [0.25, 0.3) is 5.91 Å². The van der Waals surface area contributed by atoms with Crippen molar-refractivity contribution < 1.29 is 9.53 Å². The Bertz CT molecular complexity index is 969. The first-order valence-electron chi connectivity index (χ1n) is 10.2. The Hall–Kier alpha value is -2.49. The van der Waals surface area contributed by atoms with Crippen LogP contribution >= 0.6 is 23.2 Å². The first kappa shape index (κ1) is 24.2. The lowest BCUT2D eigenvalue weighted by Gasteiger charge is -2.46. The Balaban J connectivity index is 1.57. The highest BCUT2D eigenvalue weighted by atomic mass is 35.5. The van der Waals surface area contributed by atoms with Gasteiger partial charge in [-0.05, 0) is 58.7 Å². The third kappa shape index (κ3) is 6.51. The number of amides is 1. The zero-order valence-electron chi connectivity index (χ0n) is 18.6. The third-order valence-electron chi connectivity index (χ3n) is 4.99. The van der Waals surface area contributed by atoms with Gasteiger partial charge in [0.1, 0.15) is 17.8 Å². The molecule has 2 aromatic rings. The minimum Gasteiger partial charge on any atom is -0.482 e. The molecule has 1 amide bonds. The Morgan fingerprint density at radius 1 is 1.19 bits per heavy atom. The van der Waals surface area contributed by atoms with E-state index in [0.717, 1.165) is 12.8 Å². The van der Waals surface area contributed by atoms with Crippen LogP contribution in [0.15, 0.2) is 24.5 Å². The number of ether oxygens (including phenoxy) is 1. The molecule has 174 valence electrons. The molecule has 1 aliphatic heterocycles. The fourth-order valence-corrected chi connectivity index (χ4v) is 4.59. The van der Waals surface area contributed by atoms with Crippen molar-refractivity contribution in [2.24, 2.45) is 0 Å². The Kier molecular flexibility index (Phi) is 7.22. The summed E-state index contributed by atoms with van der Waals surface area (Å²) in [6.07, 6.45) is 3.20. The van der Waals surface area contributed by atoms with Crippen molar-refractivity contribution in [1.82, 2.24) is 20.7 Å². The Labute approximate surface area is 197 Å². The molecule has 0 aliphatic carbocycles. The molecule has 1 aromatic carbocycles. The van der Waals surface area contributed by atoms with Crippen LogP contribution in [-0.4, -0.2) is 39.6 Å². The topological polar surface area (TPSA) is 126 Å². The van der Waals surface area contributed by atoms with Gasteiger partial charge in [-0.2, -0.15) is 0 Å². The van der Waals surface area contributed by atoms with Crippen LogP contribution in [0.5, 0.6) is 5.75 Å². The molecule has 0 spiro atoms. The summed E-state index contributed by atoms with van der Waals surface area (Å²) in [5, 5.41) is 7.87. The lowest BCUT2D eigenvalue weighted by atomic mass is 9.79. The maximum absolute atomic E-state index is 12.1. The molecule has 0 bridgehead atoms. The number of nitrogens with one attached hydrogen (secondary N) is 4. The van der Waals surface area contributed by atoms with Crippen LogP contribution in [0.3, 0.4) is 0 Å². The fourth-order valence-electron chi connectivity index (χ4n) is 4.13. The molecule has 1 aliphatic rings. The van der Waals surface area contributed by atoms with Crippen LogP contribution in [0, 0.1) is 0 Å². The second-order valence-corrected chi connectivity index (χ2v) is 10.0. The number of rotatable bonds is 7. The molecule has 11 heteroatoms. The normalized spacial score (nSPS) is 17.4. The highest BCUT2D eigenvalue weighted by Gasteiger charge is 2.37. The molecule has 3 rings (SSSR count). The lowest BCUT2D eigenvalue weighted by molar-refractivity contribution is -0.122. The average Bonchev–Trinajstić information content (AvgIpc) is 2.65. The van der Waals surface area contributed by atoms with Crippen LogP contribution in [0.1, 0.15) is 40.5 Å². The quantitative estimate of drug-likeness (QED) is 0.379. The molecule has 2 heterocycles. The number of piperidine rings is 1. The third-order valence-corrected chi connectivity index (χ3v) is 5.52. The number of halogens is 2. The van der Waals surface area contributed by atoms with E-state index in [9.17, 15) is 4.79 Å². The molecule has 1 fully saturated rings. The minimum absolute atomic E-state index is 0.0246. The summed E-state index contributed by atoms with van der Waals surface area (Å²) in [6, 6.07) is 4.93. The van der Waals surface area contributed by atoms with Gasteiger partial charge in [0.2, 0.25) is 0 Å². The summed E-state index contributed by atoms with van der Waals surface area (Å²) in [4.78, 5) is 20.5. The number of benzene rings is 1. The van der Waals surface area contributed by atoms with E-state index < -0.39 is 5.91 Å². The van der Waals surface area contributed by atoms with Crippen LogP contribution in [0.25, 0.3) is 0 Å². The molecule has 9 nitrogen and oxygen atoms in total. The number of carbonyl (C=O) groups is 1. The summed E-state index contributed by atoms with van der Waals surface area (Å²) in [6.45, 7) is 8.44. The van der Waals surface area contributed by atoms with Gasteiger partial charge in [0, 0.05) is 22.1 Å². The maximum atomic E-state index is 12.1. The van der Waals surface area contributed by atoms with Crippen LogP contribution < -0.4 is 32.0 Å². The minimum atomic E-state index is -0.439. The zero-order chi connectivity index (χ0) is 23.5. The number of aromatic nitrogens is 2. The summed E-state index contributed by atoms with van der Waals surface area (Å²) >= 11 is 11.9. The average molecular weight is 482 g/mol. The lowest BCUT2D eigenvalue weighted by Crippen LogP contribution is -2.60. The van der Waals surface area contributed by atoms with Crippen molar-refractivity contribution in [3.05, 3.63) is 34.6 Å². The van der Waals surface area contributed by atoms with E-state index in [1.54, 1.807) is 12.1 Å². The van der Waals surface area contributed by atoms with Gasteiger partial charge in [-0.25, -0.2) is 9.97 Å². The summed E-state index contributed by atoms with van der Waals surface area (Å²) in [5.41, 5.74) is 11.7. The SMILES string of the molecule is CC1(C)CC(Nc2ncnc(NNC(=O)COc3ccc(Cl)cc3Cl)c2N)CC(C)(C)N1. The molecule has 6 N–H and O–H groups in total. The predicted molar refractivity (Wildman–Crippen MR) is 128 cm³/mol. The van der Waals surface area contributed by atoms with Crippen molar-refractivity contribution in [2.75, 3.05) is 23.1 Å². The van der Waals surface area contributed by atoms with E-state index >= 15 is 0 Å². The zero-order valence-corrected chi connectivity index (χ0v) is 20.1. The number of hydrogen-bond donors (Lipinski definition) is 5. The van der Waals surface area contributed by atoms with Gasteiger partial charge in [-0.1, -0.05) is 23.2 Å². The van der Waals surface area contributed by atoms with E-state index in [-0.39, 0.29) is 29.5 Å².